The van der Waals surface area contributed by atoms with Crippen molar-refractivity contribution in [2.75, 3.05) is 11.9 Å². The molecular weight excluding hydrogens is 180 g/mol. The lowest BCUT2D eigenvalue weighted by Crippen LogP contribution is -2.29. The van der Waals surface area contributed by atoms with Crippen LogP contribution in [0.1, 0.15) is 13.8 Å². The first-order valence-electron chi connectivity index (χ1n) is 4.69. The summed E-state index contributed by atoms with van der Waals surface area (Å²) in [7, 11) is 0. The zero-order valence-corrected chi connectivity index (χ0v) is 8.45. The van der Waals surface area contributed by atoms with Gasteiger partial charge in [-0.2, -0.15) is 0 Å². The molecule has 78 valence electrons. The van der Waals surface area contributed by atoms with Gasteiger partial charge in [-0.1, -0.05) is 13.8 Å². The number of hydrogen-bond acceptors (Lipinski definition) is 2. The minimum absolute atomic E-state index is 0.117. The van der Waals surface area contributed by atoms with Gasteiger partial charge in [-0.25, -0.2) is 0 Å². The summed E-state index contributed by atoms with van der Waals surface area (Å²) in [6, 6.07) is 1.77. The van der Waals surface area contributed by atoms with E-state index in [0.29, 0.717) is 0 Å². The average Bonchev–Trinajstić information content (AvgIpc) is 2.57. The van der Waals surface area contributed by atoms with E-state index in [1.54, 1.807) is 18.5 Å². The summed E-state index contributed by atoms with van der Waals surface area (Å²) in [4.78, 5) is 14.4. The van der Waals surface area contributed by atoms with Crippen LogP contribution in [0, 0.1) is 11.8 Å². The summed E-state index contributed by atoms with van der Waals surface area (Å²) in [5.41, 5.74) is 0.731. The zero-order chi connectivity index (χ0) is 10.6. The van der Waals surface area contributed by atoms with Gasteiger partial charge in [0.25, 0.3) is 0 Å². The van der Waals surface area contributed by atoms with Crippen molar-refractivity contribution in [3.63, 3.8) is 0 Å². The third-order valence-corrected chi connectivity index (χ3v) is 2.20. The van der Waals surface area contributed by atoms with Crippen molar-refractivity contribution >= 4 is 11.6 Å². The molecular formula is C10H16N2O2. The molecule has 1 rings (SSSR count). The van der Waals surface area contributed by atoms with Crippen LogP contribution in [0.4, 0.5) is 5.69 Å². The largest absolute Gasteiger partial charge is 0.396 e. The Kier molecular flexibility index (Phi) is 3.71. The number of aromatic nitrogens is 1. The van der Waals surface area contributed by atoms with E-state index in [9.17, 15) is 4.79 Å². The number of anilines is 1. The van der Waals surface area contributed by atoms with E-state index in [2.05, 4.69) is 10.3 Å². The maximum absolute atomic E-state index is 11.6. The highest BCUT2D eigenvalue weighted by atomic mass is 16.3. The second-order valence-corrected chi connectivity index (χ2v) is 3.62. The molecule has 14 heavy (non-hydrogen) atoms. The Morgan fingerprint density at radius 1 is 1.64 bits per heavy atom. The number of aliphatic hydroxyl groups is 1. The van der Waals surface area contributed by atoms with Gasteiger partial charge in [-0.3, -0.25) is 4.79 Å². The topological polar surface area (TPSA) is 65.1 Å². The molecule has 1 aromatic heterocycles. The Bertz CT molecular complexity index is 280. The molecule has 1 amide bonds. The average molecular weight is 196 g/mol. The normalized spacial score (nSPS) is 12.9. The molecule has 1 heterocycles. The predicted octanol–water partition coefficient (Wildman–Crippen LogP) is 1.22. The van der Waals surface area contributed by atoms with Gasteiger partial charge in [0.15, 0.2) is 0 Å². The molecule has 0 fully saturated rings. The lowest BCUT2D eigenvalue weighted by atomic mass is 9.96. The fourth-order valence-electron chi connectivity index (χ4n) is 1.23. The smallest absolute Gasteiger partial charge is 0.230 e. The molecule has 0 saturated carbocycles. The molecule has 1 aromatic rings. The van der Waals surface area contributed by atoms with Crippen LogP contribution in [0.5, 0.6) is 0 Å². The minimum atomic E-state index is -0.343. The SMILES string of the molecule is CC(C)C(CO)C(=O)Nc1cc[nH]c1. The van der Waals surface area contributed by atoms with E-state index in [0.717, 1.165) is 5.69 Å². The van der Waals surface area contributed by atoms with Gasteiger partial charge in [0, 0.05) is 12.4 Å². The maximum atomic E-state index is 11.6. The molecule has 0 aliphatic carbocycles. The molecule has 0 spiro atoms. The molecule has 0 aliphatic heterocycles. The van der Waals surface area contributed by atoms with Crippen LogP contribution in [-0.4, -0.2) is 22.6 Å². The number of hydrogen-bond donors (Lipinski definition) is 3. The molecule has 0 aromatic carbocycles. The molecule has 1 atom stereocenters. The first kappa shape index (κ1) is 10.8. The Hall–Kier alpha value is -1.29. The van der Waals surface area contributed by atoms with E-state index < -0.39 is 0 Å². The summed E-state index contributed by atoms with van der Waals surface area (Å²) >= 11 is 0. The molecule has 4 heteroatoms. The van der Waals surface area contributed by atoms with Crippen molar-refractivity contribution in [2.24, 2.45) is 11.8 Å². The van der Waals surface area contributed by atoms with Crippen LogP contribution in [-0.2, 0) is 4.79 Å². The number of rotatable bonds is 4. The van der Waals surface area contributed by atoms with Gasteiger partial charge in [0.2, 0.25) is 5.91 Å². The van der Waals surface area contributed by atoms with E-state index in [4.69, 9.17) is 5.11 Å². The third-order valence-electron chi connectivity index (χ3n) is 2.20. The van der Waals surface area contributed by atoms with E-state index in [-0.39, 0.29) is 24.3 Å². The Morgan fingerprint density at radius 2 is 2.36 bits per heavy atom. The van der Waals surface area contributed by atoms with Crippen molar-refractivity contribution in [3.8, 4) is 0 Å². The highest BCUT2D eigenvalue weighted by Gasteiger charge is 2.21. The fourth-order valence-corrected chi connectivity index (χ4v) is 1.23. The van der Waals surface area contributed by atoms with E-state index in [1.165, 1.54) is 0 Å². The molecule has 3 N–H and O–H groups in total. The lowest BCUT2D eigenvalue weighted by molar-refractivity contribution is -0.122. The number of amides is 1. The van der Waals surface area contributed by atoms with Gasteiger partial charge in [-0.05, 0) is 12.0 Å². The molecule has 1 unspecified atom stereocenters. The zero-order valence-electron chi connectivity index (χ0n) is 8.45. The van der Waals surface area contributed by atoms with Crippen molar-refractivity contribution in [3.05, 3.63) is 18.5 Å². The van der Waals surface area contributed by atoms with Crippen molar-refractivity contribution in [1.29, 1.82) is 0 Å². The van der Waals surface area contributed by atoms with Crippen molar-refractivity contribution in [1.82, 2.24) is 4.98 Å². The van der Waals surface area contributed by atoms with Gasteiger partial charge < -0.3 is 15.4 Å². The predicted molar refractivity (Wildman–Crippen MR) is 54.8 cm³/mol. The van der Waals surface area contributed by atoms with Crippen LogP contribution in [0.3, 0.4) is 0 Å². The van der Waals surface area contributed by atoms with Crippen molar-refractivity contribution < 1.29 is 9.90 Å². The van der Waals surface area contributed by atoms with Crippen LogP contribution >= 0.6 is 0 Å². The first-order valence-corrected chi connectivity index (χ1v) is 4.69. The van der Waals surface area contributed by atoms with Gasteiger partial charge in [0.1, 0.15) is 0 Å². The third kappa shape index (κ3) is 2.60. The number of carbonyl (C=O) groups is 1. The lowest BCUT2D eigenvalue weighted by Gasteiger charge is -2.16. The van der Waals surface area contributed by atoms with Gasteiger partial charge in [0.05, 0.1) is 18.2 Å². The first-order chi connectivity index (χ1) is 6.65. The molecule has 4 nitrogen and oxygen atoms in total. The van der Waals surface area contributed by atoms with Crippen LogP contribution < -0.4 is 5.32 Å². The number of carbonyl (C=O) groups excluding carboxylic acids is 1. The van der Waals surface area contributed by atoms with Crippen LogP contribution in [0.2, 0.25) is 0 Å². The molecule has 0 radical (unpaired) electrons. The summed E-state index contributed by atoms with van der Waals surface area (Å²) < 4.78 is 0. The van der Waals surface area contributed by atoms with Gasteiger partial charge in [-0.15, -0.1) is 0 Å². The highest BCUT2D eigenvalue weighted by molar-refractivity contribution is 5.92. The summed E-state index contributed by atoms with van der Waals surface area (Å²) in [6.07, 6.45) is 3.44. The van der Waals surface area contributed by atoms with Crippen molar-refractivity contribution in [2.45, 2.75) is 13.8 Å². The molecule has 0 saturated heterocycles. The Morgan fingerprint density at radius 3 is 2.79 bits per heavy atom. The van der Waals surface area contributed by atoms with Crippen LogP contribution in [0.15, 0.2) is 18.5 Å². The van der Waals surface area contributed by atoms with Gasteiger partial charge >= 0.3 is 0 Å². The Balaban J connectivity index is 2.56. The minimum Gasteiger partial charge on any atom is -0.396 e. The standard InChI is InChI=1S/C10H16N2O2/c1-7(2)9(6-13)10(14)12-8-3-4-11-5-8/h3-5,7,9,11,13H,6H2,1-2H3,(H,12,14). The number of H-pyrrole nitrogens is 1. The summed E-state index contributed by atoms with van der Waals surface area (Å²) in [5.74, 6) is -0.342. The summed E-state index contributed by atoms with van der Waals surface area (Å²) in [5, 5.41) is 11.8. The quantitative estimate of drug-likeness (QED) is 0.677. The second kappa shape index (κ2) is 4.81. The van der Waals surface area contributed by atoms with Crippen LogP contribution in [0.25, 0.3) is 0 Å². The molecule has 0 bridgehead atoms. The highest BCUT2D eigenvalue weighted by Crippen LogP contribution is 2.13. The fraction of sp³-hybridized carbons (Fsp3) is 0.500. The monoisotopic (exact) mass is 196 g/mol. The number of nitrogens with one attached hydrogen (secondary N) is 2. The van der Waals surface area contributed by atoms with E-state index >= 15 is 0 Å². The maximum Gasteiger partial charge on any atom is 0.230 e. The number of aliphatic hydroxyl groups excluding tert-OH is 1. The molecule has 0 aliphatic rings. The van der Waals surface area contributed by atoms with E-state index in [1.807, 2.05) is 13.8 Å². The second-order valence-electron chi connectivity index (χ2n) is 3.62. The number of aromatic amines is 1. The summed E-state index contributed by atoms with van der Waals surface area (Å²) in [6.45, 7) is 3.71. The Labute approximate surface area is 83.3 Å².